The topological polar surface area (TPSA) is 101 Å². The van der Waals surface area contributed by atoms with Crippen molar-refractivity contribution in [3.63, 3.8) is 0 Å². The van der Waals surface area contributed by atoms with Gasteiger partial charge in [0.25, 0.3) is 0 Å². The van der Waals surface area contributed by atoms with Gasteiger partial charge in [0.1, 0.15) is 11.2 Å². The molecule has 0 radical (unpaired) electrons. The van der Waals surface area contributed by atoms with Crippen molar-refractivity contribution in [2.45, 2.75) is 19.1 Å². The molecule has 0 saturated heterocycles. The van der Waals surface area contributed by atoms with Crippen molar-refractivity contribution in [3.05, 3.63) is 59.2 Å². The molecule has 9 heteroatoms. The first-order chi connectivity index (χ1) is 13.6. The Bertz CT molecular complexity index is 1050. The van der Waals surface area contributed by atoms with E-state index in [-0.39, 0.29) is 6.04 Å². The summed E-state index contributed by atoms with van der Waals surface area (Å²) in [5.74, 6) is 0.474. The van der Waals surface area contributed by atoms with Gasteiger partial charge in [0.05, 0.1) is 24.5 Å². The Morgan fingerprint density at radius 3 is 3.11 bits per heavy atom. The number of methoxy groups -OCH3 is 1. The smallest absolute Gasteiger partial charge is 0.225 e. The number of nitrogens with one attached hydrogen (secondary N) is 1. The number of anilines is 1. The van der Waals surface area contributed by atoms with Gasteiger partial charge in [-0.05, 0) is 34.9 Å². The minimum atomic E-state index is -0.985. The van der Waals surface area contributed by atoms with E-state index in [9.17, 15) is 4.55 Å². The average molecular weight is 396 g/mol. The molecule has 2 atom stereocenters. The molecular weight excluding hydrogens is 376 g/mol. The van der Waals surface area contributed by atoms with Crippen molar-refractivity contribution in [1.82, 2.24) is 25.0 Å². The molecule has 0 fully saturated rings. The Labute approximate surface area is 165 Å². The van der Waals surface area contributed by atoms with Crippen molar-refractivity contribution in [3.8, 4) is 5.69 Å². The van der Waals surface area contributed by atoms with E-state index in [2.05, 4.69) is 25.6 Å². The number of fused-ring (bicyclic) bond motifs is 1. The summed E-state index contributed by atoms with van der Waals surface area (Å²) < 4.78 is 18.6. The summed E-state index contributed by atoms with van der Waals surface area (Å²) in [6.07, 6.45) is 9.79. The number of aromatic nitrogens is 5. The molecule has 2 aromatic heterocycles. The van der Waals surface area contributed by atoms with E-state index in [1.165, 1.54) is 0 Å². The summed E-state index contributed by atoms with van der Waals surface area (Å²) in [7, 11) is 1.66. The number of ether oxygens (including phenoxy) is 1. The second-order valence-corrected chi connectivity index (χ2v) is 7.87. The molecule has 28 heavy (non-hydrogen) atoms. The van der Waals surface area contributed by atoms with Crippen molar-refractivity contribution in [2.24, 2.45) is 0 Å². The Morgan fingerprint density at radius 1 is 1.39 bits per heavy atom. The van der Waals surface area contributed by atoms with Crippen LogP contribution in [0.15, 0.2) is 53.6 Å². The third-order valence-electron chi connectivity index (χ3n) is 4.39. The molecule has 0 spiro atoms. The molecule has 1 aliphatic carbocycles. The molecule has 2 unspecified atom stereocenters. The highest BCUT2D eigenvalue weighted by atomic mass is 32.2. The quantitative estimate of drug-likeness (QED) is 0.638. The van der Waals surface area contributed by atoms with Crippen LogP contribution in [0.3, 0.4) is 0 Å². The van der Waals surface area contributed by atoms with Crippen LogP contribution in [-0.4, -0.2) is 48.9 Å². The van der Waals surface area contributed by atoms with Crippen molar-refractivity contribution in [2.75, 3.05) is 18.7 Å². The van der Waals surface area contributed by atoms with Gasteiger partial charge in [0, 0.05) is 13.5 Å². The minimum Gasteiger partial charge on any atom is -0.612 e. The summed E-state index contributed by atoms with van der Waals surface area (Å²) in [4.78, 5) is 9.84. The van der Waals surface area contributed by atoms with E-state index in [0.29, 0.717) is 30.1 Å². The number of hydrogen-bond donors (Lipinski definition) is 1. The monoisotopic (exact) mass is 396 g/mol. The predicted molar refractivity (Wildman–Crippen MR) is 108 cm³/mol. The van der Waals surface area contributed by atoms with Crippen LogP contribution < -0.4 is 5.32 Å². The minimum absolute atomic E-state index is 0.0179. The molecule has 8 nitrogen and oxygen atoms in total. The molecule has 0 bridgehead atoms. The van der Waals surface area contributed by atoms with Gasteiger partial charge in [-0.2, -0.15) is 9.67 Å². The van der Waals surface area contributed by atoms with Crippen LogP contribution in [0.1, 0.15) is 12.0 Å². The fourth-order valence-corrected chi connectivity index (χ4v) is 3.73. The first-order valence-electron chi connectivity index (χ1n) is 8.78. The molecule has 0 saturated carbocycles. The molecule has 0 aliphatic heterocycles. The van der Waals surface area contributed by atoms with Gasteiger partial charge in [-0.3, -0.25) is 0 Å². The van der Waals surface area contributed by atoms with Gasteiger partial charge >= 0.3 is 0 Å². The summed E-state index contributed by atoms with van der Waals surface area (Å²) in [6, 6.07) is 7.86. The number of rotatable bonds is 6. The van der Waals surface area contributed by atoms with Gasteiger partial charge in [0.2, 0.25) is 5.95 Å². The molecule has 2 heterocycles. The average Bonchev–Trinajstić information content (AvgIpc) is 3.12. The molecular formula is C19H20N6O2S. The van der Waals surface area contributed by atoms with Gasteiger partial charge in [0.15, 0.2) is 11.2 Å². The highest BCUT2D eigenvalue weighted by molar-refractivity contribution is 7.94. The highest BCUT2D eigenvalue weighted by Crippen LogP contribution is 2.21. The Hall–Kier alpha value is -2.75. The van der Waals surface area contributed by atoms with Crippen LogP contribution in [0.2, 0.25) is 0 Å². The van der Waals surface area contributed by atoms with Crippen molar-refractivity contribution in [1.29, 1.82) is 0 Å². The van der Waals surface area contributed by atoms with E-state index in [1.807, 2.05) is 42.5 Å². The lowest BCUT2D eigenvalue weighted by Crippen LogP contribution is -2.23. The lowest BCUT2D eigenvalue weighted by Gasteiger charge is -2.19. The van der Waals surface area contributed by atoms with Crippen LogP contribution in [-0.2, 0) is 22.5 Å². The molecule has 1 aromatic carbocycles. The van der Waals surface area contributed by atoms with Gasteiger partial charge in [-0.25, -0.2) is 4.98 Å². The summed E-state index contributed by atoms with van der Waals surface area (Å²) >= 11 is -0.985. The molecule has 0 amide bonds. The maximum Gasteiger partial charge on any atom is 0.225 e. The molecule has 3 aromatic rings. The van der Waals surface area contributed by atoms with Gasteiger partial charge < -0.3 is 14.6 Å². The molecule has 1 aliphatic rings. The molecule has 4 rings (SSSR count). The number of nitrogens with zero attached hydrogens (tertiary/aromatic N) is 5. The first-order valence-corrected chi connectivity index (χ1v) is 10.3. The lowest BCUT2D eigenvalue weighted by molar-refractivity contribution is 0.185. The summed E-state index contributed by atoms with van der Waals surface area (Å²) in [5, 5.41) is 11.7. The molecule has 144 valence electrons. The van der Waals surface area contributed by atoms with Crippen molar-refractivity contribution >= 4 is 28.3 Å². The maximum atomic E-state index is 11.7. The first kappa shape index (κ1) is 18.6. The number of allylic oxidation sites excluding steroid dienone is 2. The Morgan fingerprint density at radius 2 is 2.29 bits per heavy atom. The summed E-state index contributed by atoms with van der Waals surface area (Å²) in [5.41, 5.74) is 3.11. The third-order valence-corrected chi connectivity index (χ3v) is 5.43. The zero-order valence-corrected chi connectivity index (χ0v) is 16.4. The van der Waals surface area contributed by atoms with Crippen LogP contribution in [0.5, 0.6) is 0 Å². The number of hydrogen-bond acceptors (Lipinski definition) is 7. The van der Waals surface area contributed by atoms with E-state index >= 15 is 0 Å². The SMILES string of the molecule is COCc1cccc(-n2nnc3cnc(NC4C=CC=C([S+](C)[O-])C4)nc32)c1. The Kier molecular flexibility index (Phi) is 5.38. The second kappa shape index (κ2) is 8.09. The van der Waals surface area contributed by atoms with Crippen LogP contribution >= 0.6 is 0 Å². The van der Waals surface area contributed by atoms with Crippen LogP contribution in [0, 0.1) is 0 Å². The molecule has 1 N–H and O–H groups in total. The largest absolute Gasteiger partial charge is 0.612 e. The normalized spacial score (nSPS) is 17.5. The standard InChI is InChI=1S/C19H20N6O2S/c1-27-12-13-5-3-7-15(9-13)25-18-17(23-24-25)11-20-19(22-18)21-14-6-4-8-16(10-14)28(2)26/h3-9,11,14H,10,12H2,1-2H3,(H,20,21,22). The fraction of sp³-hybridized carbons (Fsp3) is 0.263. The zero-order valence-electron chi connectivity index (χ0n) is 15.6. The summed E-state index contributed by atoms with van der Waals surface area (Å²) in [6.45, 7) is 0.519. The van der Waals surface area contributed by atoms with Crippen LogP contribution in [0.4, 0.5) is 5.95 Å². The Balaban J connectivity index is 1.61. The highest BCUT2D eigenvalue weighted by Gasteiger charge is 2.19. The number of benzene rings is 1. The lowest BCUT2D eigenvalue weighted by atomic mass is 10.1. The van der Waals surface area contributed by atoms with E-state index in [0.717, 1.165) is 16.2 Å². The van der Waals surface area contributed by atoms with E-state index in [4.69, 9.17) is 4.74 Å². The zero-order chi connectivity index (χ0) is 19.5. The second-order valence-electron chi connectivity index (χ2n) is 6.43. The maximum absolute atomic E-state index is 11.7. The fourth-order valence-electron chi connectivity index (χ4n) is 3.04. The van der Waals surface area contributed by atoms with E-state index in [1.54, 1.807) is 24.2 Å². The van der Waals surface area contributed by atoms with Crippen LogP contribution in [0.25, 0.3) is 16.9 Å². The van der Waals surface area contributed by atoms with Crippen molar-refractivity contribution < 1.29 is 9.29 Å². The third kappa shape index (κ3) is 3.91. The predicted octanol–water partition coefficient (Wildman–Crippen LogP) is 2.36. The van der Waals surface area contributed by atoms with E-state index < -0.39 is 11.2 Å². The van der Waals surface area contributed by atoms with Gasteiger partial charge in [-0.15, -0.1) is 5.10 Å². The van der Waals surface area contributed by atoms with Gasteiger partial charge in [-0.1, -0.05) is 29.5 Å².